The molecule has 0 aromatic rings. The fraction of sp³-hybridized carbons (Fsp3) is 0.667. The van der Waals surface area contributed by atoms with Crippen LogP contribution >= 0.6 is 0 Å². The maximum Gasteiger partial charge on any atom is 0.209 e. The first-order chi connectivity index (χ1) is 5.66. The molecule has 12 heavy (non-hydrogen) atoms. The third kappa shape index (κ3) is 6.80. The summed E-state index contributed by atoms with van der Waals surface area (Å²) in [5.41, 5.74) is 9.42. The monoisotopic (exact) mass is 171 g/mol. The minimum absolute atomic E-state index is 0.197. The van der Waals surface area contributed by atoms with Gasteiger partial charge in [0.25, 0.3) is 0 Å². The molecule has 0 aromatic carbocycles. The van der Waals surface area contributed by atoms with Gasteiger partial charge in [0.05, 0.1) is 0 Å². The summed E-state index contributed by atoms with van der Waals surface area (Å²) in [5.74, 6) is -0.197. The Kier molecular flexibility index (Phi) is 5.69. The molecule has 6 nitrogen and oxygen atoms in total. The number of nitrogens with one attached hydrogen (secondary N) is 1. The van der Waals surface area contributed by atoms with Crippen molar-refractivity contribution in [3.8, 4) is 6.19 Å². The molecule has 0 saturated carbocycles. The Hall–Kier alpha value is -1.32. The molecule has 1 aliphatic rings. The van der Waals surface area contributed by atoms with E-state index >= 15 is 0 Å². The highest BCUT2D eigenvalue weighted by Gasteiger charge is 2.07. The third-order valence-corrected chi connectivity index (χ3v) is 1.21. The first-order valence-corrected chi connectivity index (χ1v) is 3.56. The van der Waals surface area contributed by atoms with Gasteiger partial charge < -0.3 is 16.6 Å². The highest BCUT2D eigenvalue weighted by atomic mass is 16.3. The zero-order valence-corrected chi connectivity index (χ0v) is 6.70. The van der Waals surface area contributed by atoms with E-state index in [2.05, 4.69) is 10.3 Å². The van der Waals surface area contributed by atoms with Crippen LogP contribution in [0.15, 0.2) is 4.99 Å². The quantitative estimate of drug-likeness (QED) is 0.199. The molecule has 1 fully saturated rings. The van der Waals surface area contributed by atoms with Crippen LogP contribution in [0.2, 0.25) is 0 Å². The molecule has 0 unspecified atom stereocenters. The number of aliphatic imine (C=N–C) groups is 1. The Balaban J connectivity index is 0.000000202. The number of rotatable bonds is 0. The summed E-state index contributed by atoms with van der Waals surface area (Å²) in [6, 6.07) is 0. The zero-order chi connectivity index (χ0) is 9.40. The molecule has 0 spiro atoms. The lowest BCUT2D eigenvalue weighted by Crippen LogP contribution is -2.21. The Morgan fingerprint density at radius 1 is 1.67 bits per heavy atom. The Bertz CT molecular complexity index is 175. The highest BCUT2D eigenvalue weighted by molar-refractivity contribution is 5.76. The van der Waals surface area contributed by atoms with Crippen LogP contribution in [0.1, 0.15) is 12.8 Å². The van der Waals surface area contributed by atoms with Gasteiger partial charge in [-0.15, -0.1) is 4.99 Å². The van der Waals surface area contributed by atoms with E-state index in [1.807, 2.05) is 0 Å². The molecule has 0 aromatic heterocycles. The Labute approximate surface area is 70.9 Å². The lowest BCUT2D eigenvalue weighted by atomic mass is 10.4. The second-order valence-electron chi connectivity index (χ2n) is 2.25. The molecule has 0 bridgehead atoms. The summed E-state index contributed by atoms with van der Waals surface area (Å²) in [6.07, 6.45) is 3.26. The highest BCUT2D eigenvalue weighted by Crippen LogP contribution is 1.98. The number of nitrogens with zero attached hydrogens (tertiary/aromatic N) is 2. The van der Waals surface area contributed by atoms with Gasteiger partial charge >= 0.3 is 0 Å². The van der Waals surface area contributed by atoms with Crippen molar-refractivity contribution in [1.29, 1.82) is 5.26 Å². The van der Waals surface area contributed by atoms with Crippen LogP contribution in [-0.4, -0.2) is 23.8 Å². The van der Waals surface area contributed by atoms with Gasteiger partial charge in [0, 0.05) is 0 Å². The van der Waals surface area contributed by atoms with Gasteiger partial charge in [-0.05, 0) is 19.4 Å². The van der Waals surface area contributed by atoms with Gasteiger partial charge in [-0.3, -0.25) is 5.32 Å². The van der Waals surface area contributed by atoms with Crippen molar-refractivity contribution < 1.29 is 5.11 Å². The van der Waals surface area contributed by atoms with Crippen LogP contribution in [0.4, 0.5) is 0 Å². The summed E-state index contributed by atoms with van der Waals surface area (Å²) >= 11 is 0. The Morgan fingerprint density at radius 2 is 2.33 bits per heavy atom. The van der Waals surface area contributed by atoms with Crippen LogP contribution in [0.3, 0.4) is 0 Å². The molecule has 1 aliphatic heterocycles. The minimum Gasteiger partial charge on any atom is -0.379 e. The van der Waals surface area contributed by atoms with E-state index in [0.29, 0.717) is 0 Å². The molecule has 68 valence electrons. The predicted molar refractivity (Wildman–Crippen MR) is 44.7 cm³/mol. The number of aliphatic hydroxyl groups is 1. The first kappa shape index (κ1) is 10.7. The molecule has 6 N–H and O–H groups in total. The zero-order valence-electron chi connectivity index (χ0n) is 6.70. The minimum atomic E-state index is -0.204. The second-order valence-corrected chi connectivity index (χ2v) is 2.25. The van der Waals surface area contributed by atoms with E-state index in [1.54, 1.807) is 0 Å². The largest absolute Gasteiger partial charge is 0.379 e. The topological polar surface area (TPSA) is 120 Å². The van der Waals surface area contributed by atoms with Crippen molar-refractivity contribution >= 4 is 5.96 Å². The number of aliphatic hydroxyl groups excluding tert-OH is 1. The summed E-state index contributed by atoms with van der Waals surface area (Å²) in [6.45, 7) is 0.987. The lowest BCUT2D eigenvalue weighted by molar-refractivity contribution is 0.160. The normalized spacial score (nSPS) is 20.2. The van der Waals surface area contributed by atoms with Crippen LogP contribution in [0.5, 0.6) is 0 Å². The van der Waals surface area contributed by atoms with E-state index in [-0.39, 0.29) is 12.2 Å². The van der Waals surface area contributed by atoms with Gasteiger partial charge in [-0.25, -0.2) is 0 Å². The molecule has 1 saturated heterocycles. The SMILES string of the molecule is N#CN=C(N)N.O[C@H]1CCCN1. The molecule has 0 aliphatic carbocycles. The standard InChI is InChI=1S/C4H9NO.C2H4N4/c6-4-2-1-3-5-4;3-1-6-2(4)5/h4-6H,1-3H2;(H4,4,5,6)/t4-;/m0./s1. The van der Waals surface area contributed by atoms with Gasteiger partial charge in [0.2, 0.25) is 12.2 Å². The number of nitriles is 1. The molecule has 1 atom stereocenters. The summed E-state index contributed by atoms with van der Waals surface area (Å²) in [5, 5.41) is 19.1. The van der Waals surface area contributed by atoms with Crippen molar-refractivity contribution in [2.75, 3.05) is 6.54 Å². The van der Waals surface area contributed by atoms with Crippen molar-refractivity contribution in [3.05, 3.63) is 0 Å². The molecule has 0 radical (unpaired) electrons. The van der Waals surface area contributed by atoms with Crippen molar-refractivity contribution in [1.82, 2.24) is 5.32 Å². The van der Waals surface area contributed by atoms with E-state index in [4.69, 9.17) is 21.8 Å². The first-order valence-electron chi connectivity index (χ1n) is 3.56. The predicted octanol–water partition coefficient (Wildman–Crippen LogP) is -1.57. The van der Waals surface area contributed by atoms with Gasteiger partial charge in [0.15, 0.2) is 0 Å². The lowest BCUT2D eigenvalue weighted by Gasteiger charge is -1.94. The molecule has 1 heterocycles. The fourth-order valence-electron chi connectivity index (χ4n) is 0.724. The summed E-state index contributed by atoms with van der Waals surface area (Å²) in [7, 11) is 0. The van der Waals surface area contributed by atoms with Crippen LogP contribution in [0.25, 0.3) is 0 Å². The third-order valence-electron chi connectivity index (χ3n) is 1.21. The number of nitrogens with two attached hydrogens (primary N) is 2. The molecule has 1 rings (SSSR count). The van der Waals surface area contributed by atoms with Gasteiger partial charge in [-0.1, -0.05) is 0 Å². The van der Waals surface area contributed by atoms with Crippen molar-refractivity contribution in [2.24, 2.45) is 16.5 Å². The van der Waals surface area contributed by atoms with E-state index < -0.39 is 0 Å². The van der Waals surface area contributed by atoms with E-state index in [9.17, 15) is 0 Å². The maximum atomic E-state index is 8.62. The summed E-state index contributed by atoms with van der Waals surface area (Å²) in [4.78, 5) is 2.90. The summed E-state index contributed by atoms with van der Waals surface area (Å²) < 4.78 is 0. The average molecular weight is 171 g/mol. The smallest absolute Gasteiger partial charge is 0.209 e. The van der Waals surface area contributed by atoms with Crippen molar-refractivity contribution in [3.63, 3.8) is 0 Å². The Morgan fingerprint density at radius 3 is 2.42 bits per heavy atom. The fourth-order valence-corrected chi connectivity index (χ4v) is 0.724. The average Bonchev–Trinajstić information content (AvgIpc) is 2.40. The van der Waals surface area contributed by atoms with Crippen molar-refractivity contribution in [2.45, 2.75) is 19.1 Å². The van der Waals surface area contributed by atoms with E-state index in [0.717, 1.165) is 19.4 Å². The second kappa shape index (κ2) is 6.39. The number of guanidine groups is 1. The molecule has 6 heteroatoms. The number of hydrogen-bond acceptors (Lipinski definition) is 4. The van der Waals surface area contributed by atoms with E-state index in [1.165, 1.54) is 6.19 Å². The van der Waals surface area contributed by atoms with Crippen LogP contribution < -0.4 is 16.8 Å². The van der Waals surface area contributed by atoms with Gasteiger partial charge in [0.1, 0.15) is 6.23 Å². The van der Waals surface area contributed by atoms with Gasteiger partial charge in [-0.2, -0.15) is 5.26 Å². The number of hydrogen-bond donors (Lipinski definition) is 4. The molecule has 0 amide bonds. The van der Waals surface area contributed by atoms with Crippen LogP contribution in [-0.2, 0) is 0 Å². The molecular weight excluding hydrogens is 158 g/mol. The molecular formula is C6H13N5O. The van der Waals surface area contributed by atoms with Crippen LogP contribution in [0, 0.1) is 11.5 Å². The maximum absolute atomic E-state index is 8.62.